The first-order chi connectivity index (χ1) is 15.9. The summed E-state index contributed by atoms with van der Waals surface area (Å²) in [4.78, 5) is 37.5. The van der Waals surface area contributed by atoms with Crippen molar-refractivity contribution in [3.8, 4) is 11.1 Å². The second kappa shape index (κ2) is 10.9. The number of carbonyl (C=O) groups excluding carboxylic acids is 1. The minimum absolute atomic E-state index is 0.0157. The van der Waals surface area contributed by atoms with Crippen LogP contribution >= 0.6 is 0 Å². The monoisotopic (exact) mass is 452 g/mol. The lowest BCUT2D eigenvalue weighted by atomic mass is 9.97. The first-order valence-electron chi connectivity index (χ1n) is 11.3. The SMILES string of the molecule is CCCCC(=O)n1c(F)c(CCCC)n(Cc2ccc(-c3ccccc3)c(C(=O)O)c2)c1=O. The zero-order chi connectivity index (χ0) is 24.0. The number of hydrogen-bond donors (Lipinski definition) is 1. The van der Waals surface area contributed by atoms with Crippen molar-refractivity contribution < 1.29 is 19.1 Å². The minimum Gasteiger partial charge on any atom is -0.478 e. The number of imidazole rings is 1. The number of carboxylic acid groups (broad SMARTS) is 1. The normalized spacial score (nSPS) is 11.0. The van der Waals surface area contributed by atoms with Gasteiger partial charge in [-0.05, 0) is 42.0 Å². The van der Waals surface area contributed by atoms with Crippen LogP contribution in [0.25, 0.3) is 11.1 Å². The van der Waals surface area contributed by atoms with Gasteiger partial charge in [-0.2, -0.15) is 4.39 Å². The molecule has 7 heteroatoms. The Morgan fingerprint density at radius 3 is 2.33 bits per heavy atom. The van der Waals surface area contributed by atoms with E-state index in [-0.39, 0.29) is 24.2 Å². The largest absolute Gasteiger partial charge is 0.478 e. The zero-order valence-electron chi connectivity index (χ0n) is 19.0. The second-order valence-electron chi connectivity index (χ2n) is 8.09. The lowest BCUT2D eigenvalue weighted by Gasteiger charge is -2.11. The quantitative estimate of drug-likeness (QED) is 0.448. The molecule has 0 radical (unpaired) electrons. The Bertz CT molecular complexity index is 1190. The Kier molecular flexibility index (Phi) is 7.98. The molecule has 0 bridgehead atoms. The summed E-state index contributed by atoms with van der Waals surface area (Å²) in [5.74, 6) is -2.46. The number of halogens is 1. The van der Waals surface area contributed by atoms with Crippen LogP contribution in [0.4, 0.5) is 4.39 Å². The average Bonchev–Trinajstić information content (AvgIpc) is 3.05. The fraction of sp³-hybridized carbons (Fsp3) is 0.346. The molecule has 0 saturated heterocycles. The summed E-state index contributed by atoms with van der Waals surface area (Å²) < 4.78 is 17.1. The molecule has 33 heavy (non-hydrogen) atoms. The summed E-state index contributed by atoms with van der Waals surface area (Å²) >= 11 is 0. The van der Waals surface area contributed by atoms with E-state index < -0.39 is 23.5 Å². The standard InChI is InChI=1S/C26H29FN2O4/c1-3-5-12-22-24(27)29(23(30)13-6-4-2)26(33)28(22)17-18-14-15-20(21(16-18)25(31)32)19-10-8-7-9-11-19/h7-11,14-16H,3-6,12-13,17H2,1-2H3,(H,31,32). The van der Waals surface area contributed by atoms with E-state index in [1.54, 1.807) is 12.1 Å². The first kappa shape index (κ1) is 24.2. The number of carbonyl (C=O) groups is 2. The molecule has 174 valence electrons. The molecular weight excluding hydrogens is 423 g/mol. The fourth-order valence-corrected chi connectivity index (χ4v) is 3.88. The summed E-state index contributed by atoms with van der Waals surface area (Å²) in [7, 11) is 0. The molecule has 1 heterocycles. The number of unbranched alkanes of at least 4 members (excludes halogenated alkanes) is 2. The lowest BCUT2D eigenvalue weighted by Crippen LogP contribution is -2.30. The molecule has 0 aliphatic heterocycles. The Morgan fingerprint density at radius 2 is 1.70 bits per heavy atom. The Morgan fingerprint density at radius 1 is 1.00 bits per heavy atom. The van der Waals surface area contributed by atoms with Gasteiger partial charge in [0.1, 0.15) is 0 Å². The number of carboxylic acids is 1. The Balaban J connectivity index is 2.05. The molecule has 1 aromatic heterocycles. The van der Waals surface area contributed by atoms with Crippen molar-refractivity contribution in [1.29, 1.82) is 0 Å². The maximum atomic E-state index is 15.2. The number of benzene rings is 2. The lowest BCUT2D eigenvalue weighted by molar-refractivity contribution is 0.0697. The van der Waals surface area contributed by atoms with Crippen LogP contribution in [0.5, 0.6) is 0 Å². The van der Waals surface area contributed by atoms with Crippen molar-refractivity contribution in [2.45, 2.75) is 58.9 Å². The third-order valence-corrected chi connectivity index (χ3v) is 5.68. The smallest absolute Gasteiger partial charge is 0.337 e. The molecule has 0 amide bonds. The molecule has 0 atom stereocenters. The van der Waals surface area contributed by atoms with Crippen LogP contribution in [0.15, 0.2) is 53.3 Å². The van der Waals surface area contributed by atoms with Crippen LogP contribution in [0, 0.1) is 5.95 Å². The molecule has 0 saturated carbocycles. The Labute approximate surface area is 192 Å². The third-order valence-electron chi connectivity index (χ3n) is 5.68. The van der Waals surface area contributed by atoms with E-state index in [2.05, 4.69) is 0 Å². The summed E-state index contributed by atoms with van der Waals surface area (Å²) in [5, 5.41) is 9.77. The van der Waals surface area contributed by atoms with Crippen molar-refractivity contribution in [3.05, 3.63) is 81.8 Å². The van der Waals surface area contributed by atoms with Gasteiger partial charge in [-0.15, -0.1) is 0 Å². The number of aromatic carboxylic acids is 1. The summed E-state index contributed by atoms with van der Waals surface area (Å²) in [6, 6.07) is 14.1. The summed E-state index contributed by atoms with van der Waals surface area (Å²) in [5.41, 5.74) is 1.43. The van der Waals surface area contributed by atoms with E-state index in [0.29, 0.717) is 35.0 Å². The number of aromatic nitrogens is 2. The van der Waals surface area contributed by atoms with Gasteiger partial charge in [-0.25, -0.2) is 14.2 Å². The Hall–Kier alpha value is -3.48. The summed E-state index contributed by atoms with van der Waals surface area (Å²) in [6.45, 7) is 3.87. The van der Waals surface area contributed by atoms with Gasteiger partial charge in [-0.3, -0.25) is 9.36 Å². The minimum atomic E-state index is -1.09. The molecular formula is C26H29FN2O4. The van der Waals surface area contributed by atoms with E-state index in [0.717, 1.165) is 18.4 Å². The van der Waals surface area contributed by atoms with E-state index in [1.165, 1.54) is 10.6 Å². The highest BCUT2D eigenvalue weighted by Crippen LogP contribution is 2.25. The number of hydrogen-bond acceptors (Lipinski definition) is 3. The van der Waals surface area contributed by atoms with Crippen LogP contribution in [0.1, 0.15) is 72.4 Å². The maximum absolute atomic E-state index is 15.2. The fourth-order valence-electron chi connectivity index (χ4n) is 3.88. The molecule has 1 N–H and O–H groups in total. The summed E-state index contributed by atoms with van der Waals surface area (Å²) in [6.07, 6.45) is 3.22. The first-order valence-corrected chi connectivity index (χ1v) is 11.3. The number of rotatable bonds is 10. The van der Waals surface area contributed by atoms with E-state index in [9.17, 15) is 19.5 Å². The number of nitrogens with zero attached hydrogens (tertiary/aromatic N) is 2. The van der Waals surface area contributed by atoms with Gasteiger partial charge in [0, 0.05) is 6.42 Å². The molecule has 3 rings (SSSR count). The van der Waals surface area contributed by atoms with Gasteiger partial charge in [0.2, 0.25) is 11.9 Å². The molecule has 6 nitrogen and oxygen atoms in total. The van der Waals surface area contributed by atoms with Crippen molar-refractivity contribution in [2.75, 3.05) is 0 Å². The van der Waals surface area contributed by atoms with Gasteiger partial charge < -0.3 is 5.11 Å². The van der Waals surface area contributed by atoms with Gasteiger partial charge in [-0.1, -0.05) is 69.2 Å². The van der Waals surface area contributed by atoms with Crippen LogP contribution in [-0.2, 0) is 13.0 Å². The van der Waals surface area contributed by atoms with Crippen molar-refractivity contribution in [2.24, 2.45) is 0 Å². The predicted molar refractivity (Wildman–Crippen MR) is 125 cm³/mol. The van der Waals surface area contributed by atoms with E-state index in [1.807, 2.05) is 44.2 Å². The average molecular weight is 453 g/mol. The molecule has 0 unspecified atom stereocenters. The highest BCUT2D eigenvalue weighted by molar-refractivity contribution is 5.96. The van der Waals surface area contributed by atoms with Gasteiger partial charge in [0.15, 0.2) is 0 Å². The highest BCUT2D eigenvalue weighted by Gasteiger charge is 2.24. The van der Waals surface area contributed by atoms with E-state index in [4.69, 9.17) is 0 Å². The van der Waals surface area contributed by atoms with E-state index >= 15 is 4.39 Å². The molecule has 0 fully saturated rings. The molecule has 2 aromatic carbocycles. The zero-order valence-corrected chi connectivity index (χ0v) is 19.0. The van der Waals surface area contributed by atoms with Crippen molar-refractivity contribution in [1.82, 2.24) is 9.13 Å². The molecule has 3 aromatic rings. The van der Waals surface area contributed by atoms with Crippen LogP contribution < -0.4 is 5.69 Å². The van der Waals surface area contributed by atoms with Crippen molar-refractivity contribution in [3.63, 3.8) is 0 Å². The maximum Gasteiger partial charge on any atom is 0.337 e. The van der Waals surface area contributed by atoms with Gasteiger partial charge >= 0.3 is 11.7 Å². The molecule has 0 spiro atoms. The van der Waals surface area contributed by atoms with Gasteiger partial charge in [0.25, 0.3) is 0 Å². The highest BCUT2D eigenvalue weighted by atomic mass is 19.1. The molecule has 0 aliphatic rings. The topological polar surface area (TPSA) is 81.3 Å². The molecule has 0 aliphatic carbocycles. The van der Waals surface area contributed by atoms with Crippen LogP contribution in [0.3, 0.4) is 0 Å². The van der Waals surface area contributed by atoms with Crippen LogP contribution in [-0.4, -0.2) is 26.1 Å². The van der Waals surface area contributed by atoms with Crippen LogP contribution in [0.2, 0.25) is 0 Å². The van der Waals surface area contributed by atoms with Gasteiger partial charge in [0.05, 0.1) is 17.8 Å². The second-order valence-corrected chi connectivity index (χ2v) is 8.09. The van der Waals surface area contributed by atoms with Crippen molar-refractivity contribution >= 4 is 11.9 Å². The predicted octanol–water partition coefficient (Wildman–Crippen LogP) is 5.38. The third kappa shape index (κ3) is 5.30.